The van der Waals surface area contributed by atoms with Crippen LogP contribution < -0.4 is 10.6 Å². The van der Waals surface area contributed by atoms with Crippen LogP contribution in [-0.2, 0) is 13.6 Å². The Labute approximate surface area is 185 Å². The predicted molar refractivity (Wildman–Crippen MR) is 118 cm³/mol. The fourth-order valence-electron chi connectivity index (χ4n) is 3.30. The van der Waals surface area contributed by atoms with Crippen LogP contribution in [0.15, 0.2) is 55.2 Å². The smallest absolute Gasteiger partial charge is 0.251 e. The maximum atomic E-state index is 12.8. The van der Waals surface area contributed by atoms with E-state index in [9.17, 15) is 4.79 Å². The molecular weight excluding hydrogens is 406 g/mol. The third-order valence-corrected chi connectivity index (χ3v) is 5.03. The molecule has 0 aliphatic carbocycles. The van der Waals surface area contributed by atoms with Crippen molar-refractivity contribution in [1.82, 2.24) is 40.0 Å². The molecular formula is C22H23N9O. The number of anilines is 1. The summed E-state index contributed by atoms with van der Waals surface area (Å²) in [7, 11) is 1.88. The van der Waals surface area contributed by atoms with E-state index in [1.165, 1.54) is 6.33 Å². The number of nitrogens with zero attached hydrogens (tertiary/aromatic N) is 7. The van der Waals surface area contributed by atoms with Crippen molar-refractivity contribution in [2.24, 2.45) is 7.05 Å². The van der Waals surface area contributed by atoms with Gasteiger partial charge in [0.15, 0.2) is 11.6 Å². The van der Waals surface area contributed by atoms with Crippen LogP contribution in [0, 0.1) is 6.92 Å². The van der Waals surface area contributed by atoms with Crippen LogP contribution in [0.1, 0.15) is 40.5 Å². The fraction of sp³-hybridized carbons (Fsp3) is 0.227. The number of amides is 1. The topological polar surface area (TPSA) is 123 Å². The molecule has 10 nitrogen and oxygen atoms in total. The molecule has 2 N–H and O–H groups in total. The van der Waals surface area contributed by atoms with Gasteiger partial charge in [0.1, 0.15) is 12.0 Å². The van der Waals surface area contributed by atoms with E-state index in [1.807, 2.05) is 37.6 Å². The van der Waals surface area contributed by atoms with Crippen LogP contribution in [0.3, 0.4) is 0 Å². The Hall–Kier alpha value is -4.21. The van der Waals surface area contributed by atoms with Crippen molar-refractivity contribution in [2.75, 3.05) is 5.32 Å². The second-order valence-electron chi connectivity index (χ2n) is 7.25. The van der Waals surface area contributed by atoms with Crippen LogP contribution in [0.2, 0.25) is 0 Å². The van der Waals surface area contributed by atoms with Crippen LogP contribution in [0.25, 0.3) is 11.5 Å². The number of hydrogen-bond donors (Lipinski definition) is 2. The molecule has 0 saturated carbocycles. The minimum atomic E-state index is -0.258. The number of hydrogen-bond acceptors (Lipinski definition) is 8. The minimum absolute atomic E-state index is 0.184. The van der Waals surface area contributed by atoms with Crippen LogP contribution in [0.4, 0.5) is 5.69 Å². The van der Waals surface area contributed by atoms with Gasteiger partial charge in [-0.25, -0.2) is 9.97 Å². The van der Waals surface area contributed by atoms with E-state index in [1.54, 1.807) is 36.8 Å². The number of rotatable bonds is 7. The van der Waals surface area contributed by atoms with Gasteiger partial charge < -0.3 is 15.2 Å². The lowest BCUT2D eigenvalue weighted by atomic mass is 10.1. The first-order chi connectivity index (χ1) is 15.5. The van der Waals surface area contributed by atoms with Crippen molar-refractivity contribution in [1.29, 1.82) is 0 Å². The van der Waals surface area contributed by atoms with E-state index >= 15 is 0 Å². The highest BCUT2D eigenvalue weighted by Gasteiger charge is 2.16. The minimum Gasteiger partial charge on any atom is -0.378 e. The van der Waals surface area contributed by atoms with E-state index in [2.05, 4.69) is 40.8 Å². The number of nitrogens with one attached hydrogen (secondary N) is 2. The molecule has 4 rings (SSSR count). The standard InChI is InChI=1S/C22H23N9O/c1-14-20(25-10-9-24-14)15(2)28-22(32)16-5-4-6-17(11-16)26-12-19-29-30-21(31(19)3)18-7-8-23-13-27-18/h4-11,13,15,26H,12H2,1-3H3,(H,28,32). The molecule has 162 valence electrons. The molecule has 0 aliphatic rings. The summed E-state index contributed by atoms with van der Waals surface area (Å²) in [6.45, 7) is 4.20. The number of aryl methyl sites for hydroxylation is 1. The molecule has 0 spiro atoms. The molecule has 3 heterocycles. The van der Waals surface area contributed by atoms with Crippen LogP contribution in [0.5, 0.6) is 0 Å². The van der Waals surface area contributed by atoms with E-state index < -0.39 is 0 Å². The van der Waals surface area contributed by atoms with E-state index in [0.29, 0.717) is 23.6 Å². The van der Waals surface area contributed by atoms with Crippen molar-refractivity contribution in [3.05, 3.63) is 78.0 Å². The zero-order valence-electron chi connectivity index (χ0n) is 18.0. The molecule has 4 aromatic rings. The van der Waals surface area contributed by atoms with Gasteiger partial charge in [-0.3, -0.25) is 14.8 Å². The lowest BCUT2D eigenvalue weighted by Gasteiger charge is -2.15. The number of benzene rings is 1. The van der Waals surface area contributed by atoms with Gasteiger partial charge in [-0.05, 0) is 38.1 Å². The molecule has 0 saturated heterocycles. The summed E-state index contributed by atoms with van der Waals surface area (Å²) >= 11 is 0. The highest BCUT2D eigenvalue weighted by molar-refractivity contribution is 5.95. The Bertz CT molecular complexity index is 1220. The molecule has 0 radical (unpaired) electrons. The Kier molecular flexibility index (Phi) is 6.11. The normalized spacial score (nSPS) is 11.7. The second-order valence-corrected chi connectivity index (χ2v) is 7.25. The summed E-state index contributed by atoms with van der Waals surface area (Å²) in [4.78, 5) is 29.5. The average Bonchev–Trinajstić information content (AvgIpc) is 3.19. The van der Waals surface area contributed by atoms with E-state index in [-0.39, 0.29) is 11.9 Å². The molecule has 0 aliphatic heterocycles. The molecule has 0 fully saturated rings. The molecule has 1 amide bonds. The zero-order chi connectivity index (χ0) is 22.5. The quantitative estimate of drug-likeness (QED) is 0.459. The Morgan fingerprint density at radius 2 is 1.94 bits per heavy atom. The van der Waals surface area contributed by atoms with Gasteiger partial charge in [0.05, 0.1) is 24.0 Å². The third kappa shape index (κ3) is 4.59. The first-order valence-electron chi connectivity index (χ1n) is 10.1. The third-order valence-electron chi connectivity index (χ3n) is 5.03. The number of carbonyl (C=O) groups is 1. The van der Waals surface area contributed by atoms with Crippen molar-refractivity contribution in [3.8, 4) is 11.5 Å². The fourth-order valence-corrected chi connectivity index (χ4v) is 3.30. The predicted octanol–water partition coefficient (Wildman–Crippen LogP) is 2.47. The number of aromatic nitrogens is 7. The van der Waals surface area contributed by atoms with Gasteiger partial charge in [0.2, 0.25) is 0 Å². The lowest BCUT2D eigenvalue weighted by Crippen LogP contribution is -2.28. The van der Waals surface area contributed by atoms with Gasteiger partial charge in [-0.1, -0.05) is 6.07 Å². The highest BCUT2D eigenvalue weighted by Crippen LogP contribution is 2.17. The maximum absolute atomic E-state index is 12.8. The van der Waals surface area contributed by atoms with Gasteiger partial charge in [-0.15, -0.1) is 10.2 Å². The average molecular weight is 429 g/mol. The first kappa shape index (κ1) is 21.0. The van der Waals surface area contributed by atoms with Crippen molar-refractivity contribution in [3.63, 3.8) is 0 Å². The van der Waals surface area contributed by atoms with Crippen molar-refractivity contribution < 1.29 is 4.79 Å². The van der Waals surface area contributed by atoms with E-state index in [0.717, 1.165) is 22.9 Å². The molecule has 1 unspecified atom stereocenters. The molecule has 1 atom stereocenters. The Balaban J connectivity index is 1.42. The lowest BCUT2D eigenvalue weighted by molar-refractivity contribution is 0.0939. The van der Waals surface area contributed by atoms with Gasteiger partial charge in [-0.2, -0.15) is 0 Å². The van der Waals surface area contributed by atoms with Gasteiger partial charge in [0, 0.05) is 36.9 Å². The van der Waals surface area contributed by atoms with E-state index in [4.69, 9.17) is 0 Å². The second kappa shape index (κ2) is 9.29. The summed E-state index contributed by atoms with van der Waals surface area (Å²) in [6, 6.07) is 8.83. The summed E-state index contributed by atoms with van der Waals surface area (Å²) in [5.74, 6) is 1.21. The summed E-state index contributed by atoms with van der Waals surface area (Å²) in [5.41, 5.74) is 3.58. The Morgan fingerprint density at radius 1 is 1.09 bits per heavy atom. The molecule has 0 bridgehead atoms. The summed E-state index contributed by atoms with van der Waals surface area (Å²) in [6.07, 6.45) is 6.40. The number of carbonyl (C=O) groups excluding carboxylic acids is 1. The molecule has 3 aromatic heterocycles. The van der Waals surface area contributed by atoms with Crippen molar-refractivity contribution >= 4 is 11.6 Å². The summed E-state index contributed by atoms with van der Waals surface area (Å²) in [5, 5.41) is 14.7. The molecule has 10 heteroatoms. The first-order valence-corrected chi connectivity index (χ1v) is 10.1. The van der Waals surface area contributed by atoms with Crippen LogP contribution in [-0.4, -0.2) is 40.6 Å². The Morgan fingerprint density at radius 3 is 2.72 bits per heavy atom. The van der Waals surface area contributed by atoms with Gasteiger partial charge in [0.25, 0.3) is 5.91 Å². The van der Waals surface area contributed by atoms with Crippen molar-refractivity contribution in [2.45, 2.75) is 26.4 Å². The van der Waals surface area contributed by atoms with Gasteiger partial charge >= 0.3 is 0 Å². The molecule has 1 aromatic carbocycles. The summed E-state index contributed by atoms with van der Waals surface area (Å²) < 4.78 is 1.87. The van der Waals surface area contributed by atoms with Crippen LogP contribution >= 0.6 is 0 Å². The zero-order valence-corrected chi connectivity index (χ0v) is 18.0. The maximum Gasteiger partial charge on any atom is 0.251 e. The monoisotopic (exact) mass is 429 g/mol. The molecule has 32 heavy (non-hydrogen) atoms. The largest absolute Gasteiger partial charge is 0.378 e. The SMILES string of the molecule is Cc1nccnc1C(C)NC(=O)c1cccc(NCc2nnc(-c3ccncn3)n2C)c1. The highest BCUT2D eigenvalue weighted by atomic mass is 16.1.